The Morgan fingerprint density at radius 2 is 2.14 bits per heavy atom. The molecule has 3 aromatic rings. The van der Waals surface area contributed by atoms with Gasteiger partial charge in [0, 0.05) is 47.6 Å². The molecule has 4 rings (SSSR count). The molecule has 1 N–H and O–H groups in total. The van der Waals surface area contributed by atoms with Gasteiger partial charge in [-0.2, -0.15) is 0 Å². The topological polar surface area (TPSA) is 83.9 Å². The van der Waals surface area contributed by atoms with Crippen LogP contribution >= 0.6 is 22.7 Å². The van der Waals surface area contributed by atoms with Crippen LogP contribution in [0.1, 0.15) is 39.4 Å². The van der Waals surface area contributed by atoms with Crippen molar-refractivity contribution in [2.75, 3.05) is 18.4 Å². The van der Waals surface area contributed by atoms with E-state index in [9.17, 15) is 4.79 Å². The first-order valence-electron chi connectivity index (χ1n) is 9.40. The second-order valence-electron chi connectivity index (χ2n) is 7.02. The maximum atomic E-state index is 12.5. The van der Waals surface area contributed by atoms with Crippen molar-refractivity contribution in [1.29, 1.82) is 0 Å². The highest BCUT2D eigenvalue weighted by Gasteiger charge is 2.27. The molecule has 7 nitrogen and oxygen atoms in total. The van der Waals surface area contributed by atoms with E-state index in [1.165, 1.54) is 0 Å². The van der Waals surface area contributed by atoms with Crippen molar-refractivity contribution in [3.63, 3.8) is 0 Å². The third-order valence-corrected chi connectivity index (χ3v) is 6.29. The lowest BCUT2D eigenvalue weighted by Gasteiger charge is -2.15. The largest absolute Gasteiger partial charge is 0.338 e. The first-order chi connectivity index (χ1) is 14.0. The molecule has 0 aliphatic carbocycles. The molecule has 1 amide bonds. The normalized spacial score (nSPS) is 16.7. The maximum absolute atomic E-state index is 12.5. The van der Waals surface area contributed by atoms with Crippen LogP contribution in [0.4, 0.5) is 10.9 Å². The molecular formula is C20H22N6OS2. The monoisotopic (exact) mass is 426 g/mol. The number of amides is 1. The van der Waals surface area contributed by atoms with Gasteiger partial charge in [0.2, 0.25) is 5.91 Å². The summed E-state index contributed by atoms with van der Waals surface area (Å²) in [4.78, 5) is 33.3. The molecule has 1 aliphatic rings. The lowest BCUT2D eigenvalue weighted by molar-refractivity contribution is -0.124. The Hall–Kier alpha value is -2.65. The molecule has 1 atom stereocenters. The van der Waals surface area contributed by atoms with Crippen LogP contribution in [0.2, 0.25) is 0 Å². The molecule has 1 fully saturated rings. The molecule has 0 saturated carbocycles. The van der Waals surface area contributed by atoms with Crippen LogP contribution in [0.25, 0.3) is 6.08 Å². The number of nitrogens with zero attached hydrogens (tertiary/aromatic N) is 5. The number of rotatable bonds is 5. The summed E-state index contributed by atoms with van der Waals surface area (Å²) in [6.45, 7) is 7.25. The van der Waals surface area contributed by atoms with Crippen molar-refractivity contribution < 1.29 is 4.79 Å². The quantitative estimate of drug-likeness (QED) is 0.619. The number of hydrogen-bond acceptors (Lipinski definition) is 8. The lowest BCUT2D eigenvalue weighted by atomic mass is 10.0. The van der Waals surface area contributed by atoms with Gasteiger partial charge in [-0.15, -0.1) is 22.7 Å². The van der Waals surface area contributed by atoms with E-state index in [1.54, 1.807) is 34.8 Å². The highest BCUT2D eigenvalue weighted by molar-refractivity contribution is 7.15. The van der Waals surface area contributed by atoms with Crippen LogP contribution in [-0.4, -0.2) is 43.8 Å². The van der Waals surface area contributed by atoms with E-state index in [1.807, 2.05) is 43.3 Å². The van der Waals surface area contributed by atoms with Crippen LogP contribution in [-0.2, 0) is 4.79 Å². The second-order valence-corrected chi connectivity index (χ2v) is 9.32. The number of hydrogen-bond donors (Lipinski definition) is 1. The predicted octanol–water partition coefficient (Wildman–Crippen LogP) is 4.09. The number of carbonyl (C=O) groups excluding carboxylic acids is 1. The minimum absolute atomic E-state index is 0.0144. The van der Waals surface area contributed by atoms with E-state index in [4.69, 9.17) is 0 Å². The van der Waals surface area contributed by atoms with Gasteiger partial charge in [-0.05, 0) is 33.3 Å². The number of likely N-dealkylation sites (tertiary alicyclic amines) is 1. The zero-order chi connectivity index (χ0) is 20.4. The number of carbonyl (C=O) groups is 1. The summed E-state index contributed by atoms with van der Waals surface area (Å²) in [5, 5.41) is 7.03. The molecule has 1 aliphatic heterocycles. The summed E-state index contributed by atoms with van der Waals surface area (Å²) < 4.78 is 0. The predicted molar refractivity (Wildman–Crippen MR) is 117 cm³/mol. The van der Waals surface area contributed by atoms with E-state index in [0.29, 0.717) is 12.4 Å². The number of nitrogens with one attached hydrogen (secondary N) is 1. The van der Waals surface area contributed by atoms with Gasteiger partial charge in [-0.1, -0.05) is 0 Å². The fourth-order valence-corrected chi connectivity index (χ4v) is 4.56. The van der Waals surface area contributed by atoms with Crippen molar-refractivity contribution in [1.82, 2.24) is 24.8 Å². The summed E-state index contributed by atoms with van der Waals surface area (Å²) in [7, 11) is 0. The lowest BCUT2D eigenvalue weighted by Crippen LogP contribution is -2.26. The van der Waals surface area contributed by atoms with E-state index in [2.05, 4.69) is 25.3 Å². The summed E-state index contributed by atoms with van der Waals surface area (Å²) in [5.74, 6) is 1.67. The average molecular weight is 427 g/mol. The van der Waals surface area contributed by atoms with Crippen LogP contribution in [0, 0.1) is 20.8 Å². The van der Waals surface area contributed by atoms with Crippen LogP contribution < -0.4 is 5.32 Å². The van der Waals surface area contributed by atoms with Gasteiger partial charge >= 0.3 is 0 Å². The van der Waals surface area contributed by atoms with Crippen LogP contribution in [0.3, 0.4) is 0 Å². The van der Waals surface area contributed by atoms with Crippen LogP contribution in [0.5, 0.6) is 0 Å². The number of aromatic nitrogens is 4. The molecule has 0 radical (unpaired) electrons. The maximum Gasteiger partial charge on any atom is 0.246 e. The Morgan fingerprint density at radius 1 is 1.28 bits per heavy atom. The van der Waals surface area contributed by atoms with Gasteiger partial charge in [-0.25, -0.2) is 19.9 Å². The average Bonchev–Trinajstić information content (AvgIpc) is 3.41. The Kier molecular flexibility index (Phi) is 5.68. The van der Waals surface area contributed by atoms with E-state index in [-0.39, 0.29) is 11.8 Å². The Balaban J connectivity index is 1.43. The molecule has 9 heteroatoms. The fraction of sp³-hybridized carbons (Fsp3) is 0.350. The summed E-state index contributed by atoms with van der Waals surface area (Å²) >= 11 is 3.17. The van der Waals surface area contributed by atoms with Gasteiger partial charge in [0.1, 0.15) is 11.6 Å². The molecule has 0 aromatic carbocycles. The Bertz CT molecular complexity index is 1060. The highest BCUT2D eigenvalue weighted by atomic mass is 32.1. The zero-order valence-electron chi connectivity index (χ0n) is 16.5. The summed E-state index contributed by atoms with van der Waals surface area (Å²) in [5.41, 5.74) is 1.79. The SMILES string of the molecule is Cc1nc(Nc2ncc(C)s2)cc([C@H]2CCN(C(=O)/C=C/c3csc(C)n3)C2)n1. The Labute approximate surface area is 177 Å². The van der Waals surface area contributed by atoms with Crippen molar-refractivity contribution in [2.24, 2.45) is 0 Å². The van der Waals surface area contributed by atoms with Crippen LogP contribution in [0.15, 0.2) is 23.7 Å². The molecule has 150 valence electrons. The van der Waals surface area contributed by atoms with Crippen molar-refractivity contribution in [3.8, 4) is 0 Å². The first-order valence-corrected chi connectivity index (χ1v) is 11.1. The van der Waals surface area contributed by atoms with E-state index in [0.717, 1.165) is 45.2 Å². The van der Waals surface area contributed by atoms with E-state index < -0.39 is 0 Å². The summed E-state index contributed by atoms with van der Waals surface area (Å²) in [6.07, 6.45) is 6.12. The Morgan fingerprint density at radius 3 is 2.86 bits per heavy atom. The van der Waals surface area contributed by atoms with Crippen molar-refractivity contribution in [2.45, 2.75) is 33.1 Å². The number of aryl methyl sites for hydroxylation is 3. The molecule has 29 heavy (non-hydrogen) atoms. The van der Waals surface area contributed by atoms with Gasteiger partial charge in [-0.3, -0.25) is 4.79 Å². The van der Waals surface area contributed by atoms with Gasteiger partial charge < -0.3 is 10.2 Å². The second kappa shape index (κ2) is 8.38. The first kappa shape index (κ1) is 19.7. The van der Waals surface area contributed by atoms with Gasteiger partial charge in [0.15, 0.2) is 5.13 Å². The molecule has 1 saturated heterocycles. The third kappa shape index (κ3) is 4.86. The van der Waals surface area contributed by atoms with Crippen molar-refractivity contribution in [3.05, 3.63) is 50.8 Å². The molecule has 0 spiro atoms. The number of anilines is 2. The smallest absolute Gasteiger partial charge is 0.246 e. The third-order valence-electron chi connectivity index (χ3n) is 4.67. The fourth-order valence-electron chi connectivity index (χ4n) is 3.31. The zero-order valence-corrected chi connectivity index (χ0v) is 18.2. The molecule has 0 unspecified atom stereocenters. The molecule has 4 heterocycles. The van der Waals surface area contributed by atoms with Crippen molar-refractivity contribution >= 4 is 45.6 Å². The van der Waals surface area contributed by atoms with Gasteiger partial charge in [0.25, 0.3) is 0 Å². The standard InChI is InChI=1S/C20H22N6OS2/c1-12-9-21-20(29-12)25-18-8-17(22-13(2)23-18)15-6-7-26(10-15)19(27)5-4-16-11-28-14(3)24-16/h4-5,8-9,11,15H,6-7,10H2,1-3H3,(H,21,22,23,25)/b5-4+/t15-/m0/s1. The summed E-state index contributed by atoms with van der Waals surface area (Å²) in [6, 6.07) is 1.97. The minimum Gasteiger partial charge on any atom is -0.338 e. The number of thiazole rings is 2. The molecule has 0 bridgehead atoms. The molecular weight excluding hydrogens is 404 g/mol. The molecule has 3 aromatic heterocycles. The van der Waals surface area contributed by atoms with Gasteiger partial charge in [0.05, 0.1) is 16.4 Å². The van der Waals surface area contributed by atoms with E-state index >= 15 is 0 Å². The highest BCUT2D eigenvalue weighted by Crippen LogP contribution is 2.29. The minimum atomic E-state index is 0.0144.